The maximum atomic E-state index is 4.26. The molecule has 0 saturated heterocycles. The molecule has 0 spiro atoms. The van der Waals surface area contributed by atoms with Crippen molar-refractivity contribution in [2.45, 2.75) is 190 Å². The van der Waals surface area contributed by atoms with E-state index < -0.39 is 0 Å². The lowest BCUT2D eigenvalue weighted by molar-refractivity contribution is 0.584. The molecule has 0 fully saturated rings. The van der Waals surface area contributed by atoms with Gasteiger partial charge in [-0.05, 0) is 143 Å². The van der Waals surface area contributed by atoms with Crippen LogP contribution in [0, 0.1) is 0 Å². The molecule has 91 heavy (non-hydrogen) atoms. The molecule has 14 nitrogen and oxygen atoms in total. The first-order valence-corrected chi connectivity index (χ1v) is 32.3. The van der Waals surface area contributed by atoms with E-state index in [1.807, 2.05) is 55.0 Å². The number of hydrogen-bond acceptors (Lipinski definition) is 10. The summed E-state index contributed by atoms with van der Waals surface area (Å²) in [5, 5.41) is 24.5. The zero-order valence-electron chi connectivity index (χ0n) is 57.7. The van der Waals surface area contributed by atoms with E-state index in [1.165, 1.54) is 65.5 Å². The normalized spacial score (nSPS) is 12.6. The minimum absolute atomic E-state index is 0.167. The van der Waals surface area contributed by atoms with Gasteiger partial charge < -0.3 is 4.40 Å². The second-order valence-corrected chi connectivity index (χ2v) is 31.5. The molecular formula is C76H96N14S. The van der Waals surface area contributed by atoms with Gasteiger partial charge in [-0.3, -0.25) is 15.2 Å². The van der Waals surface area contributed by atoms with Crippen molar-refractivity contribution in [3.8, 4) is 0 Å². The van der Waals surface area contributed by atoms with Crippen LogP contribution >= 0.6 is 11.3 Å². The van der Waals surface area contributed by atoms with Crippen molar-refractivity contribution in [1.29, 1.82) is 0 Å². The van der Waals surface area contributed by atoms with Gasteiger partial charge >= 0.3 is 0 Å². The molecule has 0 unspecified atom stereocenters. The Labute approximate surface area is 543 Å². The molecule has 10 heterocycles. The molecule has 0 radical (unpaired) electrons. The highest BCUT2D eigenvalue weighted by Gasteiger charge is 2.20. The van der Waals surface area contributed by atoms with E-state index >= 15 is 0 Å². The van der Waals surface area contributed by atoms with Gasteiger partial charge in [-0.25, -0.2) is 29.0 Å². The molecule has 476 valence electrons. The number of imidazole rings is 1. The Bertz CT molecular complexity index is 3860. The summed E-state index contributed by atoms with van der Waals surface area (Å²) in [4.78, 5) is 21.0. The number of nitrogens with zero attached hydrogens (tertiary/aromatic N) is 12. The molecule has 0 atom stereocenters. The largest absolute Gasteiger partial charge is 0.307 e. The molecule has 0 amide bonds. The number of hydrogen-bond donors (Lipinski definition) is 2. The van der Waals surface area contributed by atoms with Crippen LogP contribution in [-0.4, -0.2) is 70.2 Å². The number of nitrogens with one attached hydrogen (secondary N) is 2. The van der Waals surface area contributed by atoms with Crippen LogP contribution in [0.1, 0.15) is 195 Å². The van der Waals surface area contributed by atoms with E-state index in [-0.39, 0.29) is 37.9 Å². The number of rotatable bonds is 0. The van der Waals surface area contributed by atoms with Crippen LogP contribution in [-0.2, 0) is 44.4 Å². The van der Waals surface area contributed by atoms with Crippen molar-refractivity contribution < 1.29 is 0 Å². The molecule has 1 aliphatic rings. The van der Waals surface area contributed by atoms with Crippen LogP contribution < -0.4 is 0 Å². The Morgan fingerprint density at radius 1 is 0.407 bits per heavy atom. The van der Waals surface area contributed by atoms with Gasteiger partial charge in [0.05, 0.1) is 45.7 Å². The molecule has 1 aliphatic heterocycles. The minimum atomic E-state index is 0.167. The molecule has 2 N–H and O–H groups in total. The average molecular weight is 1240 g/mol. The highest BCUT2D eigenvalue weighted by atomic mass is 32.1. The molecule has 0 bridgehead atoms. The number of aromatic amines is 2. The molecule has 14 rings (SSSR count). The Balaban J connectivity index is 0.000000137. The number of H-pyrrole nitrogens is 2. The van der Waals surface area contributed by atoms with Crippen molar-refractivity contribution in [2.75, 3.05) is 0 Å². The van der Waals surface area contributed by atoms with Gasteiger partial charge in [0.15, 0.2) is 11.3 Å². The first kappa shape index (κ1) is 68.2. The van der Waals surface area contributed by atoms with Crippen LogP contribution in [0.15, 0.2) is 176 Å². The van der Waals surface area contributed by atoms with Crippen molar-refractivity contribution in [3.05, 3.63) is 221 Å². The third kappa shape index (κ3) is 18.5. The molecule has 0 aliphatic carbocycles. The first-order chi connectivity index (χ1) is 42.5. The summed E-state index contributed by atoms with van der Waals surface area (Å²) in [5.41, 5.74) is 21.5. The Morgan fingerprint density at radius 3 is 1.45 bits per heavy atom. The van der Waals surface area contributed by atoms with E-state index in [9.17, 15) is 0 Å². The topological polar surface area (TPSA) is 160 Å². The Hall–Kier alpha value is -8.69. The number of benzene rings is 4. The zero-order chi connectivity index (χ0) is 66.3. The van der Waals surface area contributed by atoms with Gasteiger partial charge in [0.1, 0.15) is 18.3 Å². The molecule has 9 aromatic heterocycles. The third-order valence-corrected chi connectivity index (χ3v) is 16.7. The highest BCUT2D eigenvalue weighted by Crippen LogP contribution is 2.31. The Morgan fingerprint density at radius 2 is 0.879 bits per heavy atom. The first-order valence-electron chi connectivity index (χ1n) is 31.4. The SMILES string of the molecule is CC(C)(C)c1ccc2c(c1)C=NC2.CC(C)(C)c1ccc2cn[nH]c2c1.CC(C)(C)c1ccc2cn[nH]c2c1.CC(C)(C)c1ccc2nccn2c1.CC(C)(C)c1ccc2ncnn2c1.CC(C)(C)c1ccc2ncsc2c1.CC(C)(C)c1ccn2ncnc2c1. The van der Waals surface area contributed by atoms with Gasteiger partial charge in [-0.1, -0.05) is 200 Å². The highest BCUT2D eigenvalue weighted by molar-refractivity contribution is 7.16. The van der Waals surface area contributed by atoms with Crippen LogP contribution in [0.3, 0.4) is 0 Å². The van der Waals surface area contributed by atoms with Crippen molar-refractivity contribution in [2.24, 2.45) is 4.99 Å². The van der Waals surface area contributed by atoms with Crippen LogP contribution in [0.2, 0.25) is 0 Å². The number of aromatic nitrogens is 13. The standard InChI is InChI=1S/C12H15N.3C11H14N2.C11H13NS.2C10H13N3/c1-12(2,3)11-5-4-9-7-13-8-10(9)6-11;2*1-11(2,3)9-5-4-8-7-12-13-10(8)6-9;1-11(2,3)9-4-5-10-12-6-7-13(10)8-9;1-11(2,3)8-4-5-9-10(6-8)13-7-12-9;1-10(2,3)8-4-5-13-9(6-8)11-7-12-13;1-10(2,3)8-4-5-9-11-7-12-13(9)6-8/h4-6,8H,7H2,1-3H3;2*4-7H,1-3H3,(H,12,13);4-8H,1-3H3;3*4-7H,1-3H3. The van der Waals surface area contributed by atoms with E-state index in [4.69, 9.17) is 0 Å². The van der Waals surface area contributed by atoms with Gasteiger partial charge in [-0.15, -0.1) is 11.3 Å². The fourth-order valence-electron chi connectivity index (χ4n) is 9.60. The number of pyridine rings is 3. The molecule has 4 aromatic carbocycles. The minimum Gasteiger partial charge on any atom is -0.307 e. The fraction of sp³-hybridized carbons (Fsp3) is 0.382. The third-order valence-electron chi connectivity index (χ3n) is 15.9. The summed E-state index contributed by atoms with van der Waals surface area (Å²) >= 11 is 1.71. The summed E-state index contributed by atoms with van der Waals surface area (Å²) in [6.07, 6.45) is 18.7. The zero-order valence-corrected chi connectivity index (χ0v) is 58.5. The van der Waals surface area contributed by atoms with E-state index in [0.29, 0.717) is 0 Å². The van der Waals surface area contributed by atoms with E-state index in [2.05, 4.69) is 315 Å². The summed E-state index contributed by atoms with van der Waals surface area (Å²) in [5.74, 6) is 0. The van der Waals surface area contributed by atoms with E-state index in [0.717, 1.165) is 40.0 Å². The van der Waals surface area contributed by atoms with Crippen LogP contribution in [0.5, 0.6) is 0 Å². The number of fused-ring (bicyclic) bond motifs is 7. The smallest absolute Gasteiger partial charge is 0.155 e. The number of thiazole rings is 1. The average Bonchev–Trinajstić information content (AvgIpc) is 2.54. The maximum Gasteiger partial charge on any atom is 0.155 e. The quantitative estimate of drug-likeness (QED) is 0.152. The van der Waals surface area contributed by atoms with Gasteiger partial charge in [0.25, 0.3) is 0 Å². The molecule has 0 saturated carbocycles. The summed E-state index contributed by atoms with van der Waals surface area (Å²) < 4.78 is 6.92. The second kappa shape index (κ2) is 27.4. The monoisotopic (exact) mass is 1240 g/mol. The van der Waals surface area contributed by atoms with Gasteiger partial charge in [0.2, 0.25) is 0 Å². The molecule has 15 heteroatoms. The predicted octanol–water partition coefficient (Wildman–Crippen LogP) is 18.9. The summed E-state index contributed by atoms with van der Waals surface area (Å²) in [6, 6.07) is 38.5. The van der Waals surface area contributed by atoms with Crippen LogP contribution in [0.4, 0.5) is 0 Å². The Kier molecular flexibility index (Phi) is 20.6. The number of aliphatic imine (C=N–C) groups is 1. The molecular weight excluding hydrogens is 1140 g/mol. The van der Waals surface area contributed by atoms with Gasteiger partial charge in [-0.2, -0.15) is 20.4 Å². The van der Waals surface area contributed by atoms with E-state index in [1.54, 1.807) is 33.0 Å². The lowest BCUT2D eigenvalue weighted by Crippen LogP contribution is -2.12. The summed E-state index contributed by atoms with van der Waals surface area (Å²) in [7, 11) is 0. The summed E-state index contributed by atoms with van der Waals surface area (Å²) in [6.45, 7) is 47.3. The van der Waals surface area contributed by atoms with Crippen molar-refractivity contribution in [3.63, 3.8) is 0 Å². The second-order valence-electron chi connectivity index (χ2n) is 30.6. The fourth-order valence-corrected chi connectivity index (χ4v) is 10.3. The lowest BCUT2D eigenvalue weighted by Gasteiger charge is -2.19. The maximum absolute atomic E-state index is 4.26. The molecule has 13 aromatic rings. The lowest BCUT2D eigenvalue weighted by atomic mass is 9.85. The van der Waals surface area contributed by atoms with Gasteiger partial charge in [0, 0.05) is 48.0 Å². The van der Waals surface area contributed by atoms with Crippen LogP contribution in [0.25, 0.3) is 49.0 Å². The predicted molar refractivity (Wildman–Crippen MR) is 382 cm³/mol. The van der Waals surface area contributed by atoms with Crippen molar-refractivity contribution in [1.82, 2.24) is 64.0 Å². The van der Waals surface area contributed by atoms with Crippen molar-refractivity contribution >= 4 is 66.5 Å².